The van der Waals surface area contributed by atoms with Crippen LogP contribution in [0.1, 0.15) is 27.0 Å². The lowest BCUT2D eigenvalue weighted by molar-refractivity contribution is 0.0766. The summed E-state index contributed by atoms with van der Waals surface area (Å²) >= 11 is 0. The highest BCUT2D eigenvalue weighted by Gasteiger charge is 2.29. The SMILES string of the molecule is COc1ccc(CN2Cc3cc(N)cc(C)c3C2=O)cc1. The summed E-state index contributed by atoms with van der Waals surface area (Å²) in [7, 11) is 1.64. The molecule has 0 unspecified atom stereocenters. The number of fused-ring (bicyclic) bond motifs is 1. The smallest absolute Gasteiger partial charge is 0.255 e. The van der Waals surface area contributed by atoms with Gasteiger partial charge in [-0.05, 0) is 47.9 Å². The summed E-state index contributed by atoms with van der Waals surface area (Å²) in [5.41, 5.74) is 10.4. The van der Waals surface area contributed by atoms with E-state index in [0.29, 0.717) is 18.8 Å². The molecule has 3 rings (SSSR count). The fourth-order valence-corrected chi connectivity index (χ4v) is 2.84. The number of hydrogen-bond donors (Lipinski definition) is 1. The number of carbonyl (C=O) groups is 1. The van der Waals surface area contributed by atoms with Crippen molar-refractivity contribution in [3.63, 3.8) is 0 Å². The van der Waals surface area contributed by atoms with E-state index in [2.05, 4.69) is 0 Å². The summed E-state index contributed by atoms with van der Waals surface area (Å²) in [6, 6.07) is 11.5. The van der Waals surface area contributed by atoms with Gasteiger partial charge in [-0.2, -0.15) is 0 Å². The van der Waals surface area contributed by atoms with E-state index in [1.54, 1.807) is 7.11 Å². The highest BCUT2D eigenvalue weighted by atomic mass is 16.5. The number of amides is 1. The monoisotopic (exact) mass is 282 g/mol. The molecule has 1 amide bonds. The number of aryl methyl sites for hydroxylation is 1. The number of benzene rings is 2. The van der Waals surface area contributed by atoms with E-state index in [-0.39, 0.29) is 5.91 Å². The van der Waals surface area contributed by atoms with E-state index in [9.17, 15) is 4.79 Å². The minimum atomic E-state index is 0.0818. The van der Waals surface area contributed by atoms with E-state index in [4.69, 9.17) is 10.5 Å². The van der Waals surface area contributed by atoms with Crippen molar-refractivity contribution in [3.8, 4) is 5.75 Å². The van der Waals surface area contributed by atoms with Crippen molar-refractivity contribution in [2.45, 2.75) is 20.0 Å². The van der Waals surface area contributed by atoms with E-state index in [1.165, 1.54) is 0 Å². The van der Waals surface area contributed by atoms with Crippen molar-refractivity contribution >= 4 is 11.6 Å². The van der Waals surface area contributed by atoms with Crippen LogP contribution in [0.4, 0.5) is 5.69 Å². The molecule has 1 heterocycles. The topological polar surface area (TPSA) is 55.6 Å². The summed E-state index contributed by atoms with van der Waals surface area (Å²) in [6.07, 6.45) is 0. The molecule has 21 heavy (non-hydrogen) atoms. The lowest BCUT2D eigenvalue weighted by atomic mass is 10.0. The summed E-state index contributed by atoms with van der Waals surface area (Å²) in [5, 5.41) is 0. The van der Waals surface area contributed by atoms with Crippen molar-refractivity contribution in [3.05, 3.63) is 58.7 Å². The zero-order valence-corrected chi connectivity index (χ0v) is 12.2. The first-order valence-electron chi connectivity index (χ1n) is 6.89. The first-order valence-corrected chi connectivity index (χ1v) is 6.89. The second kappa shape index (κ2) is 5.13. The van der Waals surface area contributed by atoms with E-state index in [0.717, 1.165) is 28.0 Å². The first-order chi connectivity index (χ1) is 10.1. The molecule has 0 fully saturated rings. The molecule has 2 N–H and O–H groups in total. The van der Waals surface area contributed by atoms with Gasteiger partial charge in [-0.1, -0.05) is 12.1 Å². The summed E-state index contributed by atoms with van der Waals surface area (Å²) in [4.78, 5) is 14.4. The van der Waals surface area contributed by atoms with Crippen LogP contribution in [0.5, 0.6) is 5.75 Å². The summed E-state index contributed by atoms with van der Waals surface area (Å²) < 4.78 is 5.15. The standard InChI is InChI=1S/C17H18N2O2/c1-11-7-14(18)8-13-10-19(17(20)16(11)13)9-12-3-5-15(21-2)6-4-12/h3-8H,9-10,18H2,1-2H3. The number of nitrogens with two attached hydrogens (primary N) is 1. The van der Waals surface area contributed by atoms with Gasteiger partial charge in [-0.3, -0.25) is 4.79 Å². The predicted molar refractivity (Wildman–Crippen MR) is 82.2 cm³/mol. The van der Waals surface area contributed by atoms with Crippen LogP contribution >= 0.6 is 0 Å². The first kappa shape index (κ1) is 13.5. The van der Waals surface area contributed by atoms with E-state index in [1.807, 2.05) is 48.2 Å². The molecule has 0 aliphatic carbocycles. The molecule has 2 aromatic carbocycles. The molecule has 1 aliphatic rings. The van der Waals surface area contributed by atoms with Crippen LogP contribution in [0.15, 0.2) is 36.4 Å². The van der Waals surface area contributed by atoms with Gasteiger partial charge in [0.25, 0.3) is 5.91 Å². The van der Waals surface area contributed by atoms with Crippen LogP contribution in [-0.4, -0.2) is 17.9 Å². The van der Waals surface area contributed by atoms with Gasteiger partial charge in [0.2, 0.25) is 0 Å². The zero-order chi connectivity index (χ0) is 15.0. The Morgan fingerprint density at radius 3 is 2.62 bits per heavy atom. The van der Waals surface area contributed by atoms with Gasteiger partial charge in [0.05, 0.1) is 7.11 Å². The van der Waals surface area contributed by atoms with Crippen molar-refractivity contribution in [2.24, 2.45) is 0 Å². The van der Waals surface area contributed by atoms with Gasteiger partial charge in [0, 0.05) is 24.3 Å². The second-order valence-electron chi connectivity index (χ2n) is 5.38. The fourth-order valence-electron chi connectivity index (χ4n) is 2.84. The number of rotatable bonds is 3. The number of ether oxygens (including phenoxy) is 1. The molecule has 2 aromatic rings. The van der Waals surface area contributed by atoms with Gasteiger partial charge < -0.3 is 15.4 Å². The Labute approximate surface area is 124 Å². The molecule has 1 aliphatic heterocycles. The number of methoxy groups -OCH3 is 1. The molecule has 0 radical (unpaired) electrons. The molecule has 0 spiro atoms. The average Bonchev–Trinajstić information content (AvgIpc) is 2.76. The minimum absolute atomic E-state index is 0.0818. The molecule has 0 saturated heterocycles. The van der Waals surface area contributed by atoms with Crippen LogP contribution in [0, 0.1) is 6.92 Å². The van der Waals surface area contributed by atoms with Gasteiger partial charge in [-0.15, -0.1) is 0 Å². The van der Waals surface area contributed by atoms with Crippen LogP contribution < -0.4 is 10.5 Å². The largest absolute Gasteiger partial charge is 0.497 e. The van der Waals surface area contributed by atoms with Crippen LogP contribution in [0.25, 0.3) is 0 Å². The molecule has 0 aromatic heterocycles. The molecule has 0 atom stereocenters. The van der Waals surface area contributed by atoms with Crippen molar-refractivity contribution in [1.29, 1.82) is 0 Å². The van der Waals surface area contributed by atoms with Crippen LogP contribution in [-0.2, 0) is 13.1 Å². The Balaban J connectivity index is 1.82. The number of nitrogens with zero attached hydrogens (tertiary/aromatic N) is 1. The third-order valence-electron chi connectivity index (χ3n) is 3.83. The summed E-state index contributed by atoms with van der Waals surface area (Å²) in [6.45, 7) is 3.15. The molecule has 4 nitrogen and oxygen atoms in total. The fraction of sp³-hybridized carbons (Fsp3) is 0.235. The van der Waals surface area contributed by atoms with E-state index < -0.39 is 0 Å². The molecular formula is C17H18N2O2. The maximum absolute atomic E-state index is 12.5. The Morgan fingerprint density at radius 2 is 1.95 bits per heavy atom. The Morgan fingerprint density at radius 1 is 1.24 bits per heavy atom. The predicted octanol–water partition coefficient (Wildman–Crippen LogP) is 2.74. The molecule has 108 valence electrons. The Hall–Kier alpha value is -2.49. The normalized spacial score (nSPS) is 13.4. The van der Waals surface area contributed by atoms with E-state index >= 15 is 0 Å². The van der Waals surface area contributed by atoms with Crippen molar-refractivity contribution in [1.82, 2.24) is 4.90 Å². The maximum Gasteiger partial charge on any atom is 0.255 e. The van der Waals surface area contributed by atoms with Crippen LogP contribution in [0.3, 0.4) is 0 Å². The summed E-state index contributed by atoms with van der Waals surface area (Å²) in [5.74, 6) is 0.900. The molecule has 0 saturated carbocycles. The number of nitrogen functional groups attached to an aromatic ring is 1. The minimum Gasteiger partial charge on any atom is -0.497 e. The average molecular weight is 282 g/mol. The Kier molecular flexibility index (Phi) is 3.29. The number of hydrogen-bond acceptors (Lipinski definition) is 3. The van der Waals surface area contributed by atoms with Gasteiger partial charge in [0.15, 0.2) is 0 Å². The third-order valence-corrected chi connectivity index (χ3v) is 3.83. The number of anilines is 1. The molecule has 0 bridgehead atoms. The van der Waals surface area contributed by atoms with Gasteiger partial charge in [0.1, 0.15) is 5.75 Å². The molecular weight excluding hydrogens is 264 g/mol. The van der Waals surface area contributed by atoms with Crippen LogP contribution in [0.2, 0.25) is 0 Å². The highest BCUT2D eigenvalue weighted by Crippen LogP contribution is 2.29. The third kappa shape index (κ3) is 2.44. The van der Waals surface area contributed by atoms with Gasteiger partial charge in [-0.25, -0.2) is 0 Å². The lowest BCUT2D eigenvalue weighted by Gasteiger charge is -2.16. The van der Waals surface area contributed by atoms with Crippen molar-refractivity contribution < 1.29 is 9.53 Å². The van der Waals surface area contributed by atoms with Gasteiger partial charge >= 0.3 is 0 Å². The quantitative estimate of drug-likeness (QED) is 0.881. The lowest BCUT2D eigenvalue weighted by Crippen LogP contribution is -2.23. The highest BCUT2D eigenvalue weighted by molar-refractivity contribution is 6.00. The zero-order valence-electron chi connectivity index (χ0n) is 12.2. The van der Waals surface area contributed by atoms with Crippen molar-refractivity contribution in [2.75, 3.05) is 12.8 Å². The Bertz CT molecular complexity index is 693. The molecule has 4 heteroatoms. The second-order valence-corrected chi connectivity index (χ2v) is 5.38. The maximum atomic E-state index is 12.5. The number of carbonyl (C=O) groups excluding carboxylic acids is 1.